The van der Waals surface area contributed by atoms with Gasteiger partial charge in [0.2, 0.25) is 15.9 Å². The number of nitrogens with zero attached hydrogens (tertiary/aromatic N) is 2. The molecule has 0 unspecified atom stereocenters. The summed E-state index contributed by atoms with van der Waals surface area (Å²) in [5, 5.41) is 3.26. The number of hydrogen-bond donors (Lipinski definition) is 1. The van der Waals surface area contributed by atoms with E-state index < -0.39 is 10.0 Å². The molecule has 26 heavy (non-hydrogen) atoms. The molecular formula is C16H20BrN3O5S. The van der Waals surface area contributed by atoms with E-state index in [0.717, 1.165) is 10.6 Å². The summed E-state index contributed by atoms with van der Waals surface area (Å²) >= 11 is 3.41. The molecule has 3 rings (SSSR count). The van der Waals surface area contributed by atoms with Crippen molar-refractivity contribution >= 4 is 54.4 Å². The first-order valence-corrected chi connectivity index (χ1v) is 10.6. The third kappa shape index (κ3) is 3.40. The molecule has 1 fully saturated rings. The number of hydrogen-bond acceptors (Lipinski definition) is 6. The largest absolute Gasteiger partial charge is 0.440 e. The second kappa shape index (κ2) is 7.09. The number of halogens is 1. The van der Waals surface area contributed by atoms with Gasteiger partial charge in [-0.25, -0.2) is 8.42 Å². The molecule has 1 saturated heterocycles. The number of nitrogens with one attached hydrogen (secondary N) is 1. The maximum atomic E-state index is 12.5. The Hall–Kier alpha value is -1.78. The third-order valence-corrected chi connectivity index (χ3v) is 6.15. The lowest BCUT2D eigenvalue weighted by Crippen LogP contribution is -2.37. The van der Waals surface area contributed by atoms with Gasteiger partial charge in [-0.2, -0.15) is 0 Å². The van der Waals surface area contributed by atoms with Gasteiger partial charge in [-0.05, 0) is 22.0 Å². The topological polar surface area (TPSA) is 92.1 Å². The molecule has 2 heterocycles. The van der Waals surface area contributed by atoms with E-state index in [-0.39, 0.29) is 5.91 Å². The minimum atomic E-state index is -3.44. The molecular weight excluding hydrogens is 426 g/mol. The predicted octanol–water partition coefficient (Wildman–Crippen LogP) is 1.79. The van der Waals surface area contributed by atoms with Crippen LogP contribution >= 0.6 is 15.9 Å². The molecule has 0 aliphatic carbocycles. The summed E-state index contributed by atoms with van der Waals surface area (Å²) < 4.78 is 36.8. The molecule has 10 heteroatoms. The fraction of sp³-hybridized carbons (Fsp3) is 0.438. The molecule has 1 N–H and O–H groups in total. The SMILES string of the molecule is CNC(=O)c1c(N2CCOCC2)oc2cc(N(C)S(C)(=O)=O)c(Br)cc12. The van der Waals surface area contributed by atoms with Gasteiger partial charge in [0.1, 0.15) is 11.1 Å². The van der Waals surface area contributed by atoms with Crippen LogP contribution in [0.15, 0.2) is 21.0 Å². The zero-order chi connectivity index (χ0) is 19.1. The molecule has 1 aromatic carbocycles. The number of sulfonamides is 1. The van der Waals surface area contributed by atoms with Crippen molar-refractivity contribution in [3.05, 3.63) is 22.2 Å². The summed E-state index contributed by atoms with van der Waals surface area (Å²) in [7, 11) is -0.411. The van der Waals surface area contributed by atoms with Crippen LogP contribution in [0.1, 0.15) is 10.4 Å². The zero-order valence-electron chi connectivity index (χ0n) is 14.7. The van der Waals surface area contributed by atoms with Crippen LogP contribution in [0.3, 0.4) is 0 Å². The number of carbonyl (C=O) groups excluding carboxylic acids is 1. The van der Waals surface area contributed by atoms with Crippen molar-refractivity contribution in [1.82, 2.24) is 5.32 Å². The number of ether oxygens (including phenoxy) is 1. The minimum absolute atomic E-state index is 0.263. The number of rotatable bonds is 4. The smallest absolute Gasteiger partial charge is 0.257 e. The number of furan rings is 1. The van der Waals surface area contributed by atoms with E-state index in [1.54, 1.807) is 19.2 Å². The second-order valence-electron chi connectivity index (χ2n) is 5.99. The maximum Gasteiger partial charge on any atom is 0.257 e. The van der Waals surface area contributed by atoms with Gasteiger partial charge in [-0.3, -0.25) is 9.10 Å². The molecule has 142 valence electrons. The van der Waals surface area contributed by atoms with Crippen LogP contribution in [0.25, 0.3) is 11.0 Å². The third-order valence-electron chi connectivity index (χ3n) is 4.33. The van der Waals surface area contributed by atoms with E-state index in [9.17, 15) is 13.2 Å². The Bertz CT molecular complexity index is 950. The predicted molar refractivity (Wildman–Crippen MR) is 104 cm³/mol. The summed E-state index contributed by atoms with van der Waals surface area (Å²) in [5.41, 5.74) is 1.31. The number of morpholine rings is 1. The van der Waals surface area contributed by atoms with E-state index in [2.05, 4.69) is 21.2 Å². The normalized spacial score (nSPS) is 15.3. The van der Waals surface area contributed by atoms with Gasteiger partial charge >= 0.3 is 0 Å². The first kappa shape index (κ1) is 19.0. The van der Waals surface area contributed by atoms with E-state index >= 15 is 0 Å². The zero-order valence-corrected chi connectivity index (χ0v) is 17.1. The van der Waals surface area contributed by atoms with Crippen LogP contribution in [0.2, 0.25) is 0 Å². The van der Waals surface area contributed by atoms with Crippen molar-refractivity contribution in [3.8, 4) is 0 Å². The molecule has 0 bridgehead atoms. The molecule has 0 atom stereocenters. The highest BCUT2D eigenvalue weighted by atomic mass is 79.9. The van der Waals surface area contributed by atoms with Gasteiger partial charge in [0, 0.05) is 43.1 Å². The highest BCUT2D eigenvalue weighted by Crippen LogP contribution is 2.39. The van der Waals surface area contributed by atoms with E-state index in [1.807, 2.05) is 4.90 Å². The summed E-state index contributed by atoms with van der Waals surface area (Å²) in [5.74, 6) is 0.204. The van der Waals surface area contributed by atoms with Gasteiger partial charge in [0.25, 0.3) is 5.91 Å². The van der Waals surface area contributed by atoms with Crippen LogP contribution in [0.5, 0.6) is 0 Å². The first-order valence-electron chi connectivity index (χ1n) is 7.98. The maximum absolute atomic E-state index is 12.5. The fourth-order valence-electron chi connectivity index (χ4n) is 2.85. The van der Waals surface area contributed by atoms with Crippen LogP contribution in [-0.4, -0.2) is 61.0 Å². The molecule has 0 spiro atoms. The van der Waals surface area contributed by atoms with Crippen LogP contribution in [0, 0.1) is 0 Å². The molecule has 2 aromatic rings. The highest BCUT2D eigenvalue weighted by molar-refractivity contribution is 9.10. The van der Waals surface area contributed by atoms with Crippen molar-refractivity contribution in [2.75, 3.05) is 55.9 Å². The van der Waals surface area contributed by atoms with Crippen molar-refractivity contribution in [1.29, 1.82) is 0 Å². The van der Waals surface area contributed by atoms with Gasteiger partial charge < -0.3 is 19.4 Å². The number of carbonyl (C=O) groups is 1. The monoisotopic (exact) mass is 445 g/mol. The van der Waals surface area contributed by atoms with Crippen LogP contribution < -0.4 is 14.5 Å². The van der Waals surface area contributed by atoms with Crippen LogP contribution in [-0.2, 0) is 14.8 Å². The Morgan fingerprint density at radius 2 is 1.96 bits per heavy atom. The molecule has 1 aliphatic heterocycles. The molecule has 0 saturated carbocycles. The summed E-state index contributed by atoms with van der Waals surface area (Å²) in [6, 6.07) is 3.33. The van der Waals surface area contributed by atoms with Gasteiger partial charge in [-0.15, -0.1) is 0 Å². The molecule has 0 radical (unpaired) electrons. The van der Waals surface area contributed by atoms with Crippen molar-refractivity contribution < 1.29 is 22.4 Å². The Labute approximate surface area is 160 Å². The Morgan fingerprint density at radius 1 is 1.31 bits per heavy atom. The molecule has 1 aliphatic rings. The van der Waals surface area contributed by atoms with E-state index in [1.165, 1.54) is 7.05 Å². The van der Waals surface area contributed by atoms with Gasteiger partial charge in [-0.1, -0.05) is 0 Å². The van der Waals surface area contributed by atoms with E-state index in [4.69, 9.17) is 9.15 Å². The number of amides is 1. The molecule has 1 amide bonds. The van der Waals surface area contributed by atoms with Crippen molar-refractivity contribution in [2.45, 2.75) is 0 Å². The lowest BCUT2D eigenvalue weighted by atomic mass is 10.1. The van der Waals surface area contributed by atoms with Crippen molar-refractivity contribution in [2.24, 2.45) is 0 Å². The average Bonchev–Trinajstić information content (AvgIpc) is 2.98. The highest BCUT2D eigenvalue weighted by Gasteiger charge is 2.27. The summed E-state index contributed by atoms with van der Waals surface area (Å²) in [4.78, 5) is 14.5. The number of benzene rings is 1. The lowest BCUT2D eigenvalue weighted by Gasteiger charge is -2.27. The Balaban J connectivity index is 2.20. The number of anilines is 2. The summed E-state index contributed by atoms with van der Waals surface area (Å²) in [6.07, 6.45) is 1.13. The minimum Gasteiger partial charge on any atom is -0.440 e. The van der Waals surface area contributed by atoms with E-state index in [0.29, 0.717) is 58.9 Å². The van der Waals surface area contributed by atoms with Gasteiger partial charge in [0.05, 0.1) is 25.2 Å². The lowest BCUT2D eigenvalue weighted by molar-refractivity contribution is 0.0961. The van der Waals surface area contributed by atoms with Crippen molar-refractivity contribution in [3.63, 3.8) is 0 Å². The quantitative estimate of drug-likeness (QED) is 0.770. The second-order valence-corrected chi connectivity index (χ2v) is 8.86. The van der Waals surface area contributed by atoms with Gasteiger partial charge in [0.15, 0.2) is 0 Å². The molecule has 1 aromatic heterocycles. The standard InChI is InChI=1S/C16H20BrN3O5S/c1-18-15(21)14-10-8-11(17)12(19(2)26(3,22)23)9-13(10)25-16(14)20-4-6-24-7-5-20/h8-9H,4-7H2,1-3H3,(H,18,21). The average molecular weight is 446 g/mol. The Kier molecular flexibility index (Phi) is 5.18. The fourth-order valence-corrected chi connectivity index (χ4v) is 4.08. The number of fused-ring (bicyclic) bond motifs is 1. The van der Waals surface area contributed by atoms with Crippen LogP contribution in [0.4, 0.5) is 11.6 Å². The summed E-state index contributed by atoms with van der Waals surface area (Å²) in [6.45, 7) is 2.33. The Morgan fingerprint density at radius 3 is 2.54 bits per heavy atom. The molecule has 8 nitrogen and oxygen atoms in total. The first-order chi connectivity index (χ1) is 12.2.